The second-order valence-corrected chi connectivity index (χ2v) is 7.16. The van der Waals surface area contributed by atoms with Gasteiger partial charge in [0.15, 0.2) is 0 Å². The second kappa shape index (κ2) is 8.88. The molecule has 0 bridgehead atoms. The van der Waals surface area contributed by atoms with Gasteiger partial charge in [-0.25, -0.2) is 0 Å². The van der Waals surface area contributed by atoms with Crippen molar-refractivity contribution in [2.24, 2.45) is 11.8 Å². The lowest BCUT2D eigenvalue weighted by atomic mass is 10.00. The zero-order valence-electron chi connectivity index (χ0n) is 16.3. The van der Waals surface area contributed by atoms with E-state index in [1.807, 2.05) is 20.8 Å². The average molecular weight is 376 g/mol. The maximum absolute atomic E-state index is 13.0. The van der Waals surface area contributed by atoms with Crippen LogP contribution in [0.15, 0.2) is 24.3 Å². The highest BCUT2D eigenvalue weighted by atomic mass is 16.5. The first-order valence-electron chi connectivity index (χ1n) is 9.33. The number of likely N-dealkylation sites (tertiary alicyclic amines) is 1. The smallest absolute Gasteiger partial charge is 0.308 e. The van der Waals surface area contributed by atoms with Crippen molar-refractivity contribution in [1.29, 1.82) is 0 Å². The van der Waals surface area contributed by atoms with Gasteiger partial charge in [0.2, 0.25) is 5.91 Å². The van der Waals surface area contributed by atoms with Gasteiger partial charge in [0.1, 0.15) is 11.8 Å². The zero-order valence-corrected chi connectivity index (χ0v) is 16.3. The molecule has 1 aliphatic heterocycles. The number of benzene rings is 1. The lowest BCUT2D eigenvalue weighted by molar-refractivity contribution is -0.143. The van der Waals surface area contributed by atoms with Crippen LogP contribution in [0.2, 0.25) is 0 Å². The normalized spacial score (nSPS) is 20.4. The van der Waals surface area contributed by atoms with Gasteiger partial charge in [0, 0.05) is 18.2 Å². The number of hydrogen-bond acceptors (Lipinski definition) is 4. The molecule has 27 heavy (non-hydrogen) atoms. The summed E-state index contributed by atoms with van der Waals surface area (Å²) in [5.41, 5.74) is 0.440. The van der Waals surface area contributed by atoms with E-state index < -0.39 is 24.0 Å². The standard InChI is InChI=1S/C20H28N2O5/c1-5-27-15-8-6-14(7-9-15)18(23)21-17(12(2)3)19(24)22-11-10-16(13(22)4)20(25)26/h6-9,12-13,16-17H,5,10-11H2,1-4H3,(H,21,23)(H,25,26). The minimum atomic E-state index is -0.891. The molecular formula is C20H28N2O5. The molecule has 7 nitrogen and oxygen atoms in total. The Hall–Kier alpha value is -2.57. The number of carbonyl (C=O) groups is 3. The fraction of sp³-hybridized carbons (Fsp3) is 0.550. The molecule has 2 amide bonds. The number of aliphatic carboxylic acids is 1. The van der Waals surface area contributed by atoms with E-state index in [-0.39, 0.29) is 17.7 Å². The van der Waals surface area contributed by atoms with Crippen molar-refractivity contribution in [3.05, 3.63) is 29.8 Å². The van der Waals surface area contributed by atoms with Crippen LogP contribution in [0.3, 0.4) is 0 Å². The first-order chi connectivity index (χ1) is 12.8. The molecule has 3 atom stereocenters. The number of nitrogens with one attached hydrogen (secondary N) is 1. The van der Waals surface area contributed by atoms with E-state index in [1.165, 1.54) is 0 Å². The Morgan fingerprint density at radius 1 is 1.26 bits per heavy atom. The average Bonchev–Trinajstić information content (AvgIpc) is 3.01. The van der Waals surface area contributed by atoms with Crippen molar-refractivity contribution >= 4 is 17.8 Å². The van der Waals surface area contributed by atoms with Crippen LogP contribution >= 0.6 is 0 Å². The predicted molar refractivity (Wildman–Crippen MR) is 101 cm³/mol. The van der Waals surface area contributed by atoms with Gasteiger partial charge in [-0.05, 0) is 50.5 Å². The molecule has 0 radical (unpaired) electrons. The van der Waals surface area contributed by atoms with Crippen molar-refractivity contribution in [3.63, 3.8) is 0 Å². The summed E-state index contributed by atoms with van der Waals surface area (Å²) in [7, 11) is 0. The Balaban J connectivity index is 2.09. The summed E-state index contributed by atoms with van der Waals surface area (Å²) in [6.07, 6.45) is 0.430. The topological polar surface area (TPSA) is 95.9 Å². The fourth-order valence-corrected chi connectivity index (χ4v) is 3.37. The van der Waals surface area contributed by atoms with E-state index in [9.17, 15) is 19.5 Å². The monoisotopic (exact) mass is 376 g/mol. The van der Waals surface area contributed by atoms with Gasteiger partial charge >= 0.3 is 5.97 Å². The lowest BCUT2D eigenvalue weighted by Crippen LogP contribution is -2.52. The molecule has 0 aliphatic carbocycles. The van der Waals surface area contributed by atoms with Crippen molar-refractivity contribution in [2.75, 3.05) is 13.2 Å². The van der Waals surface area contributed by atoms with Gasteiger partial charge in [-0.2, -0.15) is 0 Å². The molecule has 0 aromatic heterocycles. The molecule has 3 unspecified atom stereocenters. The molecule has 2 N–H and O–H groups in total. The van der Waals surface area contributed by atoms with E-state index in [2.05, 4.69) is 5.32 Å². The van der Waals surface area contributed by atoms with Gasteiger partial charge in [-0.15, -0.1) is 0 Å². The maximum Gasteiger partial charge on any atom is 0.308 e. The van der Waals surface area contributed by atoms with Crippen LogP contribution in [0.25, 0.3) is 0 Å². The van der Waals surface area contributed by atoms with Gasteiger partial charge in [-0.3, -0.25) is 14.4 Å². The molecule has 0 saturated carbocycles. The van der Waals surface area contributed by atoms with Crippen molar-refractivity contribution in [2.45, 2.75) is 46.2 Å². The van der Waals surface area contributed by atoms with Crippen molar-refractivity contribution in [3.8, 4) is 5.75 Å². The fourth-order valence-electron chi connectivity index (χ4n) is 3.37. The number of carboxylic acid groups (broad SMARTS) is 1. The number of hydrogen-bond donors (Lipinski definition) is 2. The van der Waals surface area contributed by atoms with E-state index in [0.29, 0.717) is 30.9 Å². The summed E-state index contributed by atoms with van der Waals surface area (Å²) >= 11 is 0. The Kier molecular flexibility index (Phi) is 6.82. The van der Waals surface area contributed by atoms with Crippen LogP contribution in [0, 0.1) is 11.8 Å². The zero-order chi connectivity index (χ0) is 20.1. The van der Waals surface area contributed by atoms with Crippen LogP contribution in [0.5, 0.6) is 5.75 Å². The van der Waals surface area contributed by atoms with Crippen molar-refractivity contribution < 1.29 is 24.2 Å². The third kappa shape index (κ3) is 4.78. The molecule has 7 heteroatoms. The van der Waals surface area contributed by atoms with Crippen LogP contribution in [0.4, 0.5) is 0 Å². The third-order valence-electron chi connectivity index (χ3n) is 5.00. The summed E-state index contributed by atoms with van der Waals surface area (Å²) in [5, 5.41) is 12.1. The first-order valence-corrected chi connectivity index (χ1v) is 9.33. The van der Waals surface area contributed by atoms with Crippen LogP contribution in [-0.2, 0) is 9.59 Å². The maximum atomic E-state index is 13.0. The molecule has 0 spiro atoms. The van der Waals surface area contributed by atoms with Gasteiger partial charge in [-0.1, -0.05) is 13.8 Å². The van der Waals surface area contributed by atoms with Crippen molar-refractivity contribution in [1.82, 2.24) is 10.2 Å². The molecule has 2 rings (SSSR count). The molecule has 1 aromatic carbocycles. The van der Waals surface area contributed by atoms with Crippen LogP contribution < -0.4 is 10.1 Å². The molecule has 1 aromatic rings. The number of nitrogens with zero attached hydrogens (tertiary/aromatic N) is 1. The molecular weight excluding hydrogens is 348 g/mol. The minimum Gasteiger partial charge on any atom is -0.494 e. The first kappa shape index (κ1) is 20.7. The second-order valence-electron chi connectivity index (χ2n) is 7.16. The van der Waals surface area contributed by atoms with Crippen LogP contribution in [-0.4, -0.2) is 53.0 Å². The molecule has 1 saturated heterocycles. The van der Waals surface area contributed by atoms with E-state index >= 15 is 0 Å². The summed E-state index contributed by atoms with van der Waals surface area (Å²) in [5.74, 6) is -1.48. The quantitative estimate of drug-likeness (QED) is 0.760. The number of carboxylic acids is 1. The number of carbonyl (C=O) groups excluding carboxylic acids is 2. The Bertz CT molecular complexity index is 686. The highest BCUT2D eigenvalue weighted by Crippen LogP contribution is 2.26. The molecule has 1 aliphatic rings. The van der Waals surface area contributed by atoms with E-state index in [1.54, 1.807) is 36.1 Å². The Labute approximate surface area is 159 Å². The van der Waals surface area contributed by atoms with Gasteiger partial charge < -0.3 is 20.1 Å². The summed E-state index contributed by atoms with van der Waals surface area (Å²) < 4.78 is 5.37. The third-order valence-corrected chi connectivity index (χ3v) is 5.00. The Morgan fingerprint density at radius 2 is 1.89 bits per heavy atom. The molecule has 148 valence electrons. The highest BCUT2D eigenvalue weighted by Gasteiger charge is 2.41. The summed E-state index contributed by atoms with van der Waals surface area (Å²) in [4.78, 5) is 38.4. The highest BCUT2D eigenvalue weighted by molar-refractivity contribution is 5.98. The SMILES string of the molecule is CCOc1ccc(C(=O)NC(C(=O)N2CCC(C(=O)O)C2C)C(C)C)cc1. The number of rotatable bonds is 7. The summed E-state index contributed by atoms with van der Waals surface area (Å²) in [6, 6.07) is 5.63. The van der Waals surface area contributed by atoms with E-state index in [0.717, 1.165) is 0 Å². The van der Waals surface area contributed by atoms with Gasteiger partial charge in [0.05, 0.1) is 12.5 Å². The number of amides is 2. The Morgan fingerprint density at radius 3 is 2.37 bits per heavy atom. The van der Waals surface area contributed by atoms with Gasteiger partial charge in [0.25, 0.3) is 5.91 Å². The lowest BCUT2D eigenvalue weighted by Gasteiger charge is -2.30. The predicted octanol–water partition coefficient (Wildman–Crippen LogP) is 2.16. The molecule has 1 heterocycles. The number of ether oxygens (including phenoxy) is 1. The van der Waals surface area contributed by atoms with E-state index in [4.69, 9.17) is 4.74 Å². The molecule has 1 fully saturated rings. The largest absolute Gasteiger partial charge is 0.494 e. The summed E-state index contributed by atoms with van der Waals surface area (Å²) in [6.45, 7) is 8.27. The minimum absolute atomic E-state index is 0.125. The van der Waals surface area contributed by atoms with Crippen LogP contribution in [0.1, 0.15) is 44.5 Å².